The zero-order chi connectivity index (χ0) is 27.3. The predicted molar refractivity (Wildman–Crippen MR) is 144 cm³/mol. The molecule has 0 saturated heterocycles. The van der Waals surface area contributed by atoms with Crippen LogP contribution in [-0.4, -0.2) is 53.4 Å². The highest BCUT2D eigenvalue weighted by molar-refractivity contribution is 7.59. The first-order valence-electron chi connectivity index (χ1n) is 11.7. The van der Waals surface area contributed by atoms with Crippen LogP contribution >= 0.6 is 13.5 Å². The molecule has 2 atom stereocenters. The minimum absolute atomic E-state index is 0. The number of benzene rings is 1. The molecule has 0 aliphatic rings. The Morgan fingerprint density at radius 2 is 1.65 bits per heavy atom. The van der Waals surface area contributed by atoms with E-state index in [1.165, 1.54) is 0 Å². The molecule has 1 aromatic carbocycles. The number of ether oxygens (including phenoxy) is 1. The average molecular weight is 538 g/mol. The van der Waals surface area contributed by atoms with Crippen LogP contribution in [0.15, 0.2) is 43.0 Å². The van der Waals surface area contributed by atoms with Gasteiger partial charge in [-0.25, -0.2) is 9.80 Å². The Labute approximate surface area is 225 Å². The van der Waals surface area contributed by atoms with E-state index in [-0.39, 0.29) is 51.3 Å². The van der Waals surface area contributed by atoms with Crippen LogP contribution in [0.4, 0.5) is 4.79 Å². The van der Waals surface area contributed by atoms with Crippen LogP contribution in [0.2, 0.25) is 0 Å². The van der Waals surface area contributed by atoms with Crippen LogP contribution < -0.4 is 21.8 Å². The fraction of sp³-hybridized carbons (Fsp3) is 0.480. The van der Waals surface area contributed by atoms with E-state index in [0.29, 0.717) is 0 Å². The molecule has 0 aromatic heterocycles. The fourth-order valence-electron chi connectivity index (χ4n) is 3.16. The zero-order valence-electron chi connectivity index (χ0n) is 21.8. The number of nitrogens with one attached hydrogen (secondary N) is 3. The van der Waals surface area contributed by atoms with Crippen molar-refractivity contribution in [3.05, 3.63) is 48.6 Å². The summed E-state index contributed by atoms with van der Waals surface area (Å²) in [7, 11) is 0. The maximum atomic E-state index is 13.1. The molecule has 0 bridgehead atoms. The van der Waals surface area contributed by atoms with Gasteiger partial charge >= 0.3 is 6.09 Å². The van der Waals surface area contributed by atoms with Crippen LogP contribution in [0, 0.1) is 11.8 Å². The number of hydrogen-bond donors (Lipinski definition) is 4. The van der Waals surface area contributed by atoms with E-state index in [9.17, 15) is 24.0 Å². The minimum atomic E-state index is -1.02. The summed E-state index contributed by atoms with van der Waals surface area (Å²) in [5.74, 6) is -2.83. The van der Waals surface area contributed by atoms with Gasteiger partial charge in [0, 0.05) is 6.42 Å². The van der Waals surface area contributed by atoms with Gasteiger partial charge in [0.15, 0.2) is 0 Å². The Kier molecular flexibility index (Phi) is 15.4. The zero-order valence-corrected chi connectivity index (χ0v) is 22.8. The van der Waals surface area contributed by atoms with Crippen molar-refractivity contribution in [2.24, 2.45) is 17.6 Å². The second-order valence-corrected chi connectivity index (χ2v) is 9.00. The molecule has 0 aliphatic carbocycles. The van der Waals surface area contributed by atoms with Crippen LogP contribution in [-0.2, 0) is 30.5 Å². The summed E-state index contributed by atoms with van der Waals surface area (Å²) in [5.41, 5.74) is 8.36. The molecular weight excluding hydrogens is 498 g/mol. The molecule has 37 heavy (non-hydrogen) atoms. The molecule has 5 amide bonds. The number of amides is 5. The molecule has 0 fully saturated rings. The summed E-state index contributed by atoms with van der Waals surface area (Å²) in [6.07, 6.45) is 0.293. The standard InChI is InChI=1S/C25H37N5O6.H2S/c1-6-21(32)30(13-12-20(26)31)29-23(33)19(14-16(2)3)27-24(34)22(17(4)5)28-25(35)36-15-18-10-8-7-9-11-18;/h6-11,16-17,19,22H,1,12-15H2,2-5H3,(H2,26,31)(H,27,34)(H,28,35)(H,29,33);1H2/t19-,22-;/m0./s1. The van der Waals surface area contributed by atoms with Crippen molar-refractivity contribution in [3.63, 3.8) is 0 Å². The Balaban J connectivity index is 0.0000130. The van der Waals surface area contributed by atoms with E-state index in [0.717, 1.165) is 16.6 Å². The molecule has 206 valence electrons. The van der Waals surface area contributed by atoms with Crippen molar-refractivity contribution < 1.29 is 28.7 Å². The Morgan fingerprint density at radius 1 is 1.03 bits per heavy atom. The fourth-order valence-corrected chi connectivity index (χ4v) is 3.16. The maximum absolute atomic E-state index is 13.1. The van der Waals surface area contributed by atoms with E-state index >= 15 is 0 Å². The van der Waals surface area contributed by atoms with E-state index < -0.39 is 41.8 Å². The number of nitrogens with two attached hydrogens (primary N) is 1. The number of carbonyl (C=O) groups excluding carboxylic acids is 5. The van der Waals surface area contributed by atoms with Crippen LogP contribution in [0.5, 0.6) is 0 Å². The van der Waals surface area contributed by atoms with Crippen molar-refractivity contribution in [2.75, 3.05) is 6.54 Å². The summed E-state index contributed by atoms with van der Waals surface area (Å²) in [6, 6.07) is 7.09. The third-order valence-electron chi connectivity index (χ3n) is 5.04. The SMILES string of the molecule is C=CC(=O)N(CCC(N)=O)NC(=O)[C@H](CC(C)C)NC(=O)[C@@H](NC(=O)OCc1ccccc1)C(C)C.S. The van der Waals surface area contributed by atoms with Crippen LogP contribution in [0.25, 0.3) is 0 Å². The smallest absolute Gasteiger partial charge is 0.408 e. The van der Waals surface area contributed by atoms with E-state index in [1.807, 2.05) is 32.0 Å². The van der Waals surface area contributed by atoms with Gasteiger partial charge in [0.05, 0.1) is 6.54 Å². The molecular formula is C25H39N5O6S. The van der Waals surface area contributed by atoms with Gasteiger partial charge in [-0.05, 0) is 29.9 Å². The number of hydrogen-bond acceptors (Lipinski definition) is 6. The number of carbonyl (C=O) groups is 5. The first kappa shape index (κ1) is 33.5. The highest BCUT2D eigenvalue weighted by Gasteiger charge is 2.30. The van der Waals surface area contributed by atoms with Crippen LogP contribution in [0.1, 0.15) is 46.1 Å². The third kappa shape index (κ3) is 12.8. The summed E-state index contributed by atoms with van der Waals surface area (Å²) in [6.45, 7) is 10.5. The number of rotatable bonds is 13. The largest absolute Gasteiger partial charge is 0.445 e. The van der Waals surface area contributed by atoms with Crippen molar-refractivity contribution in [1.82, 2.24) is 21.1 Å². The lowest BCUT2D eigenvalue weighted by Crippen LogP contribution is -2.58. The molecule has 12 heteroatoms. The van der Waals surface area contributed by atoms with Crippen molar-refractivity contribution in [1.29, 1.82) is 0 Å². The molecule has 0 aliphatic heterocycles. The van der Waals surface area contributed by atoms with E-state index in [1.54, 1.807) is 26.0 Å². The Hall–Kier alpha value is -3.54. The monoisotopic (exact) mass is 537 g/mol. The summed E-state index contributed by atoms with van der Waals surface area (Å²) in [5, 5.41) is 6.13. The number of primary amides is 1. The lowest BCUT2D eigenvalue weighted by atomic mass is 10.00. The van der Waals surface area contributed by atoms with Crippen molar-refractivity contribution >= 4 is 43.2 Å². The first-order chi connectivity index (χ1) is 16.9. The molecule has 0 saturated carbocycles. The average Bonchev–Trinajstić information content (AvgIpc) is 2.82. The minimum Gasteiger partial charge on any atom is -0.445 e. The molecule has 0 radical (unpaired) electrons. The lowest BCUT2D eigenvalue weighted by Gasteiger charge is -2.28. The van der Waals surface area contributed by atoms with Crippen LogP contribution in [0.3, 0.4) is 0 Å². The molecule has 5 N–H and O–H groups in total. The van der Waals surface area contributed by atoms with Gasteiger partial charge in [-0.2, -0.15) is 13.5 Å². The highest BCUT2D eigenvalue weighted by atomic mass is 32.1. The van der Waals surface area contributed by atoms with Gasteiger partial charge in [-0.1, -0.05) is 64.6 Å². The van der Waals surface area contributed by atoms with E-state index in [2.05, 4.69) is 22.6 Å². The quantitative estimate of drug-likeness (QED) is 0.220. The van der Waals surface area contributed by atoms with Gasteiger partial charge in [0.1, 0.15) is 18.7 Å². The molecule has 0 spiro atoms. The van der Waals surface area contributed by atoms with Gasteiger partial charge < -0.3 is 21.1 Å². The first-order valence-corrected chi connectivity index (χ1v) is 11.7. The number of alkyl carbamates (subject to hydrolysis) is 1. The summed E-state index contributed by atoms with van der Waals surface area (Å²) in [4.78, 5) is 61.6. The topological polar surface area (TPSA) is 160 Å². The van der Waals surface area contributed by atoms with Gasteiger partial charge in [-0.3, -0.25) is 24.6 Å². The van der Waals surface area contributed by atoms with Crippen molar-refractivity contribution in [3.8, 4) is 0 Å². The van der Waals surface area contributed by atoms with E-state index in [4.69, 9.17) is 10.5 Å². The van der Waals surface area contributed by atoms with Crippen molar-refractivity contribution in [2.45, 2.75) is 59.2 Å². The molecule has 0 heterocycles. The number of nitrogens with zero attached hydrogens (tertiary/aromatic N) is 1. The third-order valence-corrected chi connectivity index (χ3v) is 5.04. The molecule has 1 aromatic rings. The predicted octanol–water partition coefficient (Wildman–Crippen LogP) is 1.50. The maximum Gasteiger partial charge on any atom is 0.408 e. The Morgan fingerprint density at radius 3 is 2.16 bits per heavy atom. The molecule has 0 unspecified atom stereocenters. The summed E-state index contributed by atoms with van der Waals surface area (Å²) >= 11 is 0. The van der Waals surface area contributed by atoms with Gasteiger partial charge in [-0.15, -0.1) is 0 Å². The second-order valence-electron chi connectivity index (χ2n) is 9.00. The number of hydrazine groups is 1. The lowest BCUT2D eigenvalue weighted by molar-refractivity contribution is -0.140. The second kappa shape index (κ2) is 17.0. The van der Waals surface area contributed by atoms with Gasteiger partial charge in [0.25, 0.3) is 11.8 Å². The Bertz CT molecular complexity index is 925. The highest BCUT2D eigenvalue weighted by Crippen LogP contribution is 2.09. The summed E-state index contributed by atoms with van der Waals surface area (Å²) < 4.78 is 5.21. The van der Waals surface area contributed by atoms with Gasteiger partial charge in [0.2, 0.25) is 11.8 Å². The normalized spacial score (nSPS) is 11.9. The molecule has 11 nitrogen and oxygen atoms in total. The molecule has 1 rings (SSSR count).